The maximum absolute atomic E-state index is 5.91. The Morgan fingerprint density at radius 2 is 1.31 bits per heavy atom. The lowest BCUT2D eigenvalue weighted by Crippen LogP contribution is -2.39. The lowest BCUT2D eigenvalue weighted by atomic mass is 9.94. The molecule has 1 fully saturated rings. The van der Waals surface area contributed by atoms with Crippen molar-refractivity contribution in [2.45, 2.75) is 50.7 Å². The molecule has 1 saturated carbocycles. The van der Waals surface area contributed by atoms with Gasteiger partial charge in [0.25, 0.3) is 0 Å². The monoisotopic (exact) mass is 230 g/mol. The van der Waals surface area contributed by atoms with Crippen LogP contribution >= 0.6 is 0 Å². The molecule has 4 heteroatoms. The molecule has 0 aliphatic heterocycles. The first kappa shape index (κ1) is 13.9. The molecular weight excluding hydrogens is 204 g/mol. The number of hydrogen-bond acceptors (Lipinski definition) is 4. The second-order valence-corrected chi connectivity index (χ2v) is 4.45. The highest BCUT2D eigenvalue weighted by Gasteiger charge is 2.33. The third-order valence-electron chi connectivity index (χ3n) is 3.04. The van der Waals surface area contributed by atoms with E-state index in [9.17, 15) is 0 Å². The van der Waals surface area contributed by atoms with Gasteiger partial charge in [-0.25, -0.2) is 0 Å². The third kappa shape index (κ3) is 4.78. The van der Waals surface area contributed by atoms with Crippen LogP contribution in [0, 0.1) is 0 Å². The molecular formula is C12H26N2O2. The standard InChI is InChI=1S/C12H26N2O2/c13-8-4-10-15-12(16-11-5-9-14)6-2-1-3-7-12/h1-11,13-14H2. The summed E-state index contributed by atoms with van der Waals surface area (Å²) in [7, 11) is 0. The van der Waals surface area contributed by atoms with E-state index in [1.54, 1.807) is 0 Å². The van der Waals surface area contributed by atoms with Gasteiger partial charge in [-0.3, -0.25) is 0 Å². The van der Waals surface area contributed by atoms with Gasteiger partial charge in [-0.05, 0) is 38.8 Å². The van der Waals surface area contributed by atoms with Crippen molar-refractivity contribution in [3.63, 3.8) is 0 Å². The fraction of sp³-hybridized carbons (Fsp3) is 1.00. The molecule has 16 heavy (non-hydrogen) atoms. The zero-order valence-electron chi connectivity index (χ0n) is 10.2. The smallest absolute Gasteiger partial charge is 0.168 e. The Morgan fingerprint density at radius 3 is 1.75 bits per heavy atom. The van der Waals surface area contributed by atoms with Crippen molar-refractivity contribution in [1.82, 2.24) is 0 Å². The lowest BCUT2D eigenvalue weighted by molar-refractivity contribution is -0.252. The maximum atomic E-state index is 5.91. The molecule has 0 saturated heterocycles. The number of hydrogen-bond donors (Lipinski definition) is 2. The van der Waals surface area contributed by atoms with Gasteiger partial charge < -0.3 is 20.9 Å². The van der Waals surface area contributed by atoms with Crippen molar-refractivity contribution in [2.75, 3.05) is 26.3 Å². The summed E-state index contributed by atoms with van der Waals surface area (Å²) in [6.45, 7) is 2.77. The van der Waals surface area contributed by atoms with Crippen LogP contribution in [0.25, 0.3) is 0 Å². The molecule has 0 aromatic carbocycles. The molecule has 1 aliphatic rings. The fourth-order valence-electron chi connectivity index (χ4n) is 2.10. The van der Waals surface area contributed by atoms with E-state index in [2.05, 4.69) is 0 Å². The van der Waals surface area contributed by atoms with Gasteiger partial charge in [-0.2, -0.15) is 0 Å². The first-order valence-electron chi connectivity index (χ1n) is 6.51. The Morgan fingerprint density at radius 1 is 0.812 bits per heavy atom. The molecule has 0 unspecified atom stereocenters. The van der Waals surface area contributed by atoms with Crippen molar-refractivity contribution in [3.8, 4) is 0 Å². The Kier molecular flexibility index (Phi) is 6.96. The van der Waals surface area contributed by atoms with E-state index in [0.29, 0.717) is 26.3 Å². The molecule has 0 aromatic rings. The number of nitrogens with two attached hydrogens (primary N) is 2. The molecule has 0 bridgehead atoms. The van der Waals surface area contributed by atoms with Crippen molar-refractivity contribution in [1.29, 1.82) is 0 Å². The summed E-state index contributed by atoms with van der Waals surface area (Å²) >= 11 is 0. The van der Waals surface area contributed by atoms with Gasteiger partial charge in [0, 0.05) is 12.8 Å². The largest absolute Gasteiger partial charge is 0.350 e. The highest BCUT2D eigenvalue weighted by molar-refractivity contribution is 4.75. The summed E-state index contributed by atoms with van der Waals surface area (Å²) in [4.78, 5) is 0. The molecule has 1 rings (SSSR count). The molecule has 0 aromatic heterocycles. The molecule has 1 aliphatic carbocycles. The molecule has 96 valence electrons. The molecule has 0 radical (unpaired) electrons. The summed E-state index contributed by atoms with van der Waals surface area (Å²) in [6.07, 6.45) is 7.53. The van der Waals surface area contributed by atoms with Gasteiger partial charge in [0.15, 0.2) is 5.79 Å². The maximum Gasteiger partial charge on any atom is 0.168 e. The van der Waals surface area contributed by atoms with Crippen LogP contribution in [0.15, 0.2) is 0 Å². The van der Waals surface area contributed by atoms with Crippen LogP contribution in [0.3, 0.4) is 0 Å². The number of rotatable bonds is 8. The summed E-state index contributed by atoms with van der Waals surface area (Å²) < 4.78 is 11.8. The van der Waals surface area contributed by atoms with Crippen molar-refractivity contribution >= 4 is 0 Å². The lowest BCUT2D eigenvalue weighted by Gasteiger charge is -2.37. The minimum Gasteiger partial charge on any atom is -0.350 e. The minimum atomic E-state index is -0.331. The third-order valence-corrected chi connectivity index (χ3v) is 3.04. The van der Waals surface area contributed by atoms with Crippen LogP contribution in [0.5, 0.6) is 0 Å². The van der Waals surface area contributed by atoms with Crippen LogP contribution in [-0.4, -0.2) is 32.1 Å². The summed E-state index contributed by atoms with van der Waals surface area (Å²) in [6, 6.07) is 0. The van der Waals surface area contributed by atoms with Crippen LogP contribution in [0.4, 0.5) is 0 Å². The molecule has 0 amide bonds. The Bertz CT molecular complexity index is 158. The van der Waals surface area contributed by atoms with E-state index in [4.69, 9.17) is 20.9 Å². The van der Waals surface area contributed by atoms with E-state index in [-0.39, 0.29) is 5.79 Å². The van der Waals surface area contributed by atoms with Gasteiger partial charge >= 0.3 is 0 Å². The highest BCUT2D eigenvalue weighted by Crippen LogP contribution is 2.32. The Labute approximate surface area is 98.7 Å². The van der Waals surface area contributed by atoms with E-state index >= 15 is 0 Å². The van der Waals surface area contributed by atoms with Gasteiger partial charge in [0.2, 0.25) is 0 Å². The van der Waals surface area contributed by atoms with Crippen LogP contribution in [0.2, 0.25) is 0 Å². The molecule has 0 spiro atoms. The van der Waals surface area contributed by atoms with Crippen molar-refractivity contribution in [2.24, 2.45) is 11.5 Å². The molecule has 4 N–H and O–H groups in total. The molecule has 0 atom stereocenters. The van der Waals surface area contributed by atoms with E-state index in [1.807, 2.05) is 0 Å². The average Bonchev–Trinajstić information content (AvgIpc) is 2.31. The van der Waals surface area contributed by atoms with Crippen LogP contribution < -0.4 is 11.5 Å². The summed E-state index contributed by atoms with van der Waals surface area (Å²) in [5.74, 6) is -0.331. The minimum absolute atomic E-state index is 0.331. The molecule has 0 heterocycles. The van der Waals surface area contributed by atoms with Gasteiger partial charge in [-0.1, -0.05) is 6.42 Å². The quantitative estimate of drug-likeness (QED) is 0.488. The van der Waals surface area contributed by atoms with E-state index < -0.39 is 0 Å². The van der Waals surface area contributed by atoms with E-state index in [1.165, 1.54) is 19.3 Å². The van der Waals surface area contributed by atoms with Gasteiger partial charge in [-0.15, -0.1) is 0 Å². The van der Waals surface area contributed by atoms with Crippen LogP contribution in [0.1, 0.15) is 44.9 Å². The van der Waals surface area contributed by atoms with Crippen molar-refractivity contribution in [3.05, 3.63) is 0 Å². The normalized spacial score (nSPS) is 19.9. The van der Waals surface area contributed by atoms with E-state index in [0.717, 1.165) is 25.7 Å². The summed E-state index contributed by atoms with van der Waals surface area (Å²) in [5, 5.41) is 0. The zero-order valence-corrected chi connectivity index (χ0v) is 10.2. The Hall–Kier alpha value is -0.160. The average molecular weight is 230 g/mol. The van der Waals surface area contributed by atoms with Gasteiger partial charge in [0.1, 0.15) is 0 Å². The first-order chi connectivity index (χ1) is 7.83. The summed E-state index contributed by atoms with van der Waals surface area (Å²) in [5.41, 5.74) is 10.9. The zero-order chi connectivity index (χ0) is 11.7. The SMILES string of the molecule is NCCCOC1(OCCCN)CCCCC1. The second-order valence-electron chi connectivity index (χ2n) is 4.45. The fourth-order valence-corrected chi connectivity index (χ4v) is 2.10. The first-order valence-corrected chi connectivity index (χ1v) is 6.51. The predicted octanol–water partition coefficient (Wildman–Crippen LogP) is 1.38. The number of ether oxygens (including phenoxy) is 2. The Balaban J connectivity index is 2.33. The topological polar surface area (TPSA) is 70.5 Å². The van der Waals surface area contributed by atoms with Gasteiger partial charge in [0.05, 0.1) is 13.2 Å². The highest BCUT2D eigenvalue weighted by atomic mass is 16.7. The second kappa shape index (κ2) is 8.01. The van der Waals surface area contributed by atoms with Crippen LogP contribution in [-0.2, 0) is 9.47 Å². The predicted molar refractivity (Wildman–Crippen MR) is 65.1 cm³/mol. The molecule has 4 nitrogen and oxygen atoms in total. The van der Waals surface area contributed by atoms with Crippen molar-refractivity contribution < 1.29 is 9.47 Å².